The van der Waals surface area contributed by atoms with E-state index in [1.54, 1.807) is 9.80 Å². The molecule has 1 aromatic rings. The third-order valence-electron chi connectivity index (χ3n) is 9.73. The van der Waals surface area contributed by atoms with Crippen LogP contribution < -0.4 is 9.64 Å². The number of fused-ring (bicyclic) bond motifs is 2. The first-order valence-corrected chi connectivity index (χ1v) is 16.1. The van der Waals surface area contributed by atoms with Crippen LogP contribution in [-0.4, -0.2) is 88.8 Å². The summed E-state index contributed by atoms with van der Waals surface area (Å²) in [5.74, 6) is -1.40. The second-order valence-electron chi connectivity index (χ2n) is 12.2. The van der Waals surface area contributed by atoms with Gasteiger partial charge in [-0.05, 0) is 70.2 Å². The highest BCUT2D eigenvalue weighted by Gasteiger charge is 2.75. The van der Waals surface area contributed by atoms with Crippen molar-refractivity contribution in [2.75, 3.05) is 37.7 Å². The maximum atomic E-state index is 14.6. The van der Waals surface area contributed by atoms with E-state index in [-0.39, 0.29) is 30.4 Å². The number of amides is 3. The highest BCUT2D eigenvalue weighted by molar-refractivity contribution is 6.04. The molecule has 0 radical (unpaired) electrons. The van der Waals surface area contributed by atoms with Gasteiger partial charge in [-0.25, -0.2) is 0 Å². The fraction of sp³-hybridized carbons (Fsp3) is 0.618. The summed E-state index contributed by atoms with van der Waals surface area (Å²) in [6, 6.07) is 6.60. The van der Waals surface area contributed by atoms with Crippen LogP contribution in [0.1, 0.15) is 66.2 Å². The molecule has 0 saturated carbocycles. The zero-order chi connectivity index (χ0) is 30.8. The Morgan fingerprint density at radius 3 is 2.37 bits per heavy atom. The molecule has 1 spiro atoms. The zero-order valence-electron chi connectivity index (χ0n) is 26.0. The fourth-order valence-corrected chi connectivity index (χ4v) is 7.68. The van der Waals surface area contributed by atoms with Gasteiger partial charge in [-0.2, -0.15) is 0 Å². The van der Waals surface area contributed by atoms with E-state index in [1.807, 2.05) is 67.3 Å². The average Bonchev–Trinajstić information content (AvgIpc) is 3.28. The Morgan fingerprint density at radius 2 is 1.70 bits per heavy atom. The van der Waals surface area contributed by atoms with E-state index in [2.05, 4.69) is 13.8 Å². The number of rotatable bonds is 12. The van der Waals surface area contributed by atoms with Gasteiger partial charge in [-0.3, -0.25) is 14.4 Å². The van der Waals surface area contributed by atoms with Gasteiger partial charge in [0, 0.05) is 38.0 Å². The van der Waals surface area contributed by atoms with Crippen molar-refractivity contribution in [3.63, 3.8) is 0 Å². The number of carbonyl (C=O) groups is 3. The SMILES string of the molecule is CCCC(C)N1CC=C[C@]23O[C@]4(CC)C=CCN(c5ccc(OCC)cc5)C(=O)[C@@H]4[C@H]2C(=O)N(CCCCCO)C3C1=O. The van der Waals surface area contributed by atoms with Crippen molar-refractivity contribution in [3.8, 4) is 5.75 Å². The Morgan fingerprint density at radius 1 is 0.953 bits per heavy atom. The molecule has 4 aliphatic heterocycles. The van der Waals surface area contributed by atoms with Crippen LogP contribution >= 0.6 is 0 Å². The predicted octanol–water partition coefficient (Wildman–Crippen LogP) is 4.10. The first-order chi connectivity index (χ1) is 20.8. The van der Waals surface area contributed by atoms with E-state index in [0.717, 1.165) is 30.7 Å². The Bertz CT molecular complexity index is 1250. The molecular weight excluding hydrogens is 546 g/mol. The lowest BCUT2D eigenvalue weighted by Crippen LogP contribution is -2.57. The van der Waals surface area contributed by atoms with Crippen LogP contribution in [0.2, 0.25) is 0 Å². The van der Waals surface area contributed by atoms with Gasteiger partial charge in [0.2, 0.25) is 17.7 Å². The minimum atomic E-state index is -1.26. The quantitative estimate of drug-likeness (QED) is 0.290. The van der Waals surface area contributed by atoms with Crippen LogP contribution in [0.15, 0.2) is 48.6 Å². The smallest absolute Gasteiger partial charge is 0.249 e. The van der Waals surface area contributed by atoms with Gasteiger partial charge in [0.05, 0.1) is 24.0 Å². The summed E-state index contributed by atoms with van der Waals surface area (Å²) in [5.41, 5.74) is -1.55. The van der Waals surface area contributed by atoms with Gasteiger partial charge in [0.25, 0.3) is 0 Å². The molecule has 4 aliphatic rings. The number of hydrogen-bond acceptors (Lipinski definition) is 6. The number of ether oxygens (including phenoxy) is 2. The second-order valence-corrected chi connectivity index (χ2v) is 12.2. The maximum absolute atomic E-state index is 14.6. The van der Waals surface area contributed by atoms with Crippen molar-refractivity contribution in [1.29, 1.82) is 0 Å². The van der Waals surface area contributed by atoms with Gasteiger partial charge in [-0.15, -0.1) is 0 Å². The van der Waals surface area contributed by atoms with Crippen molar-refractivity contribution in [2.24, 2.45) is 11.8 Å². The van der Waals surface area contributed by atoms with E-state index < -0.39 is 29.1 Å². The summed E-state index contributed by atoms with van der Waals surface area (Å²) in [6.07, 6.45) is 12.1. The fourth-order valence-electron chi connectivity index (χ4n) is 7.68. The number of likely N-dealkylation sites (tertiary alicyclic amines) is 1. The average molecular weight is 594 g/mol. The van der Waals surface area contributed by atoms with E-state index >= 15 is 0 Å². The van der Waals surface area contributed by atoms with Crippen LogP contribution in [0.4, 0.5) is 5.69 Å². The number of carbonyl (C=O) groups excluding carboxylic acids is 3. The number of aliphatic hydroxyl groups excluding tert-OH is 1. The molecule has 1 aromatic carbocycles. The highest BCUT2D eigenvalue weighted by Crippen LogP contribution is 2.58. The monoisotopic (exact) mass is 593 g/mol. The molecule has 9 nitrogen and oxygen atoms in total. The van der Waals surface area contributed by atoms with E-state index in [4.69, 9.17) is 9.47 Å². The molecule has 0 aromatic heterocycles. The zero-order valence-corrected chi connectivity index (χ0v) is 26.0. The Labute approximate surface area is 255 Å². The number of hydrogen-bond donors (Lipinski definition) is 1. The Balaban J connectivity index is 1.58. The summed E-state index contributed by atoms with van der Waals surface area (Å²) in [5, 5.41) is 9.33. The van der Waals surface area contributed by atoms with E-state index in [9.17, 15) is 19.5 Å². The van der Waals surface area contributed by atoms with Crippen molar-refractivity contribution < 1.29 is 29.0 Å². The topological polar surface area (TPSA) is 99.6 Å². The Hall–Kier alpha value is -3.17. The van der Waals surface area contributed by atoms with Crippen molar-refractivity contribution in [1.82, 2.24) is 9.80 Å². The van der Waals surface area contributed by atoms with Gasteiger partial charge in [0.1, 0.15) is 17.4 Å². The lowest BCUT2D eigenvalue weighted by Gasteiger charge is -2.39. The minimum absolute atomic E-state index is 0.00591. The summed E-state index contributed by atoms with van der Waals surface area (Å²) < 4.78 is 12.7. The summed E-state index contributed by atoms with van der Waals surface area (Å²) in [4.78, 5) is 49.0. The molecule has 2 unspecified atom stereocenters. The second kappa shape index (κ2) is 12.8. The van der Waals surface area contributed by atoms with Crippen LogP contribution in [-0.2, 0) is 19.1 Å². The van der Waals surface area contributed by atoms with Crippen LogP contribution in [0.5, 0.6) is 5.75 Å². The summed E-state index contributed by atoms with van der Waals surface area (Å²) in [7, 11) is 0. The molecule has 1 N–H and O–H groups in total. The third kappa shape index (κ3) is 5.29. The molecule has 2 fully saturated rings. The largest absolute Gasteiger partial charge is 0.494 e. The number of anilines is 1. The lowest BCUT2D eigenvalue weighted by atomic mass is 9.73. The van der Waals surface area contributed by atoms with Gasteiger partial charge < -0.3 is 29.3 Å². The first-order valence-electron chi connectivity index (χ1n) is 16.1. The van der Waals surface area contributed by atoms with E-state index in [1.165, 1.54) is 0 Å². The summed E-state index contributed by atoms with van der Waals surface area (Å²) in [6.45, 7) is 9.87. The van der Waals surface area contributed by atoms with E-state index in [0.29, 0.717) is 45.5 Å². The van der Waals surface area contributed by atoms with Crippen LogP contribution in [0, 0.1) is 11.8 Å². The molecule has 234 valence electrons. The summed E-state index contributed by atoms with van der Waals surface area (Å²) >= 11 is 0. The number of benzene rings is 1. The minimum Gasteiger partial charge on any atom is -0.494 e. The van der Waals surface area contributed by atoms with Crippen molar-refractivity contribution in [3.05, 3.63) is 48.6 Å². The molecule has 43 heavy (non-hydrogen) atoms. The maximum Gasteiger partial charge on any atom is 0.249 e. The molecule has 5 rings (SSSR count). The number of unbranched alkanes of at least 4 members (excludes halogenated alkanes) is 2. The van der Waals surface area contributed by atoms with Gasteiger partial charge in [0.15, 0.2) is 0 Å². The van der Waals surface area contributed by atoms with Gasteiger partial charge in [-0.1, -0.05) is 44.6 Å². The molecule has 0 bridgehead atoms. The highest BCUT2D eigenvalue weighted by atomic mass is 16.5. The Kier molecular flexibility index (Phi) is 9.32. The predicted molar refractivity (Wildman–Crippen MR) is 165 cm³/mol. The molecule has 9 heteroatoms. The molecule has 2 saturated heterocycles. The normalized spacial score (nSPS) is 30.7. The van der Waals surface area contributed by atoms with Gasteiger partial charge >= 0.3 is 0 Å². The third-order valence-corrected chi connectivity index (χ3v) is 9.73. The van der Waals surface area contributed by atoms with Crippen molar-refractivity contribution >= 4 is 23.4 Å². The van der Waals surface area contributed by atoms with Crippen LogP contribution in [0.3, 0.4) is 0 Å². The number of aliphatic hydroxyl groups is 1. The van der Waals surface area contributed by atoms with Crippen LogP contribution in [0.25, 0.3) is 0 Å². The van der Waals surface area contributed by atoms with Crippen molar-refractivity contribution in [2.45, 2.75) is 89.5 Å². The molecule has 0 aliphatic carbocycles. The standard InChI is InChI=1S/C34H47N3O6/c1-5-13-24(4)35-21-12-19-34-28(31(40)37(29(34)32(35)41)20-9-8-10-23-38)27-30(39)36(22-11-18-33(27,6-2)43-34)25-14-16-26(17-15-25)42-7-3/h11-12,14-19,24,27-29,38H,5-10,13,20-23H2,1-4H3/t24?,27-,28-,29?,33+,34-/m0/s1. The molecule has 6 atom stereocenters. The first kappa shape index (κ1) is 31.3. The molecule has 4 heterocycles. The lowest BCUT2D eigenvalue weighted by molar-refractivity contribution is -0.153. The number of nitrogens with zero attached hydrogens (tertiary/aromatic N) is 3. The molecular formula is C34H47N3O6. The molecule has 3 amide bonds.